The van der Waals surface area contributed by atoms with E-state index < -0.39 is 0 Å². The second-order valence-corrected chi connectivity index (χ2v) is 5.88. The Morgan fingerprint density at radius 3 is 2.86 bits per heavy atom. The molecular formula is C15H11BrClN3O. The molecule has 6 heteroatoms. The third-order valence-corrected chi connectivity index (χ3v) is 4.05. The van der Waals surface area contributed by atoms with Crippen molar-refractivity contribution in [1.82, 2.24) is 4.98 Å². The van der Waals surface area contributed by atoms with Crippen LogP contribution in [0.2, 0.25) is 5.02 Å². The van der Waals surface area contributed by atoms with Crippen molar-refractivity contribution in [3.8, 4) is 0 Å². The van der Waals surface area contributed by atoms with Crippen LogP contribution < -0.4 is 11.1 Å². The van der Waals surface area contributed by atoms with Crippen LogP contribution in [0.1, 0.15) is 10.4 Å². The molecule has 1 heterocycles. The number of H-pyrrole nitrogens is 1. The first-order valence-electron chi connectivity index (χ1n) is 6.17. The van der Waals surface area contributed by atoms with Crippen LogP contribution in [0, 0.1) is 0 Å². The zero-order valence-corrected chi connectivity index (χ0v) is 13.1. The maximum Gasteiger partial charge on any atom is 0.257 e. The molecule has 1 amide bonds. The molecule has 21 heavy (non-hydrogen) atoms. The van der Waals surface area contributed by atoms with Crippen molar-refractivity contribution in [1.29, 1.82) is 0 Å². The highest BCUT2D eigenvalue weighted by atomic mass is 79.9. The predicted molar refractivity (Wildman–Crippen MR) is 89.8 cm³/mol. The van der Waals surface area contributed by atoms with E-state index in [9.17, 15) is 4.79 Å². The lowest BCUT2D eigenvalue weighted by atomic mass is 10.1. The van der Waals surface area contributed by atoms with Gasteiger partial charge in [-0.2, -0.15) is 0 Å². The highest BCUT2D eigenvalue weighted by molar-refractivity contribution is 9.10. The number of nitrogens with two attached hydrogens (primary N) is 1. The number of nitrogens with one attached hydrogen (secondary N) is 2. The fraction of sp³-hybridized carbons (Fsp3) is 0. The van der Waals surface area contributed by atoms with Gasteiger partial charge in [0.15, 0.2) is 0 Å². The number of anilines is 2. The summed E-state index contributed by atoms with van der Waals surface area (Å²) in [5.74, 6) is -0.214. The van der Waals surface area contributed by atoms with Crippen LogP contribution in [0.25, 0.3) is 10.9 Å². The quantitative estimate of drug-likeness (QED) is 0.589. The Balaban J connectivity index is 1.95. The Kier molecular flexibility index (Phi) is 3.61. The standard InChI is InChI=1S/C15H11BrClN3O/c16-12-4-1-8(17)5-14(12)20-15(21)11-7-19-13-6-9(18)2-3-10(11)13/h1-7,19H,18H2,(H,20,21). The van der Waals surface area contributed by atoms with Gasteiger partial charge in [0, 0.05) is 32.3 Å². The fourth-order valence-corrected chi connectivity index (χ4v) is 2.63. The van der Waals surface area contributed by atoms with Crippen molar-refractivity contribution < 1.29 is 4.79 Å². The summed E-state index contributed by atoms with van der Waals surface area (Å²) in [4.78, 5) is 15.5. The molecule has 3 rings (SSSR count). The van der Waals surface area contributed by atoms with E-state index in [0.717, 1.165) is 15.4 Å². The first-order valence-corrected chi connectivity index (χ1v) is 7.35. The lowest BCUT2D eigenvalue weighted by Gasteiger charge is -2.07. The van der Waals surface area contributed by atoms with Crippen LogP contribution >= 0.6 is 27.5 Å². The normalized spacial score (nSPS) is 10.8. The fourth-order valence-electron chi connectivity index (χ4n) is 2.11. The molecule has 106 valence electrons. The Hall–Kier alpha value is -1.98. The van der Waals surface area contributed by atoms with Crippen molar-refractivity contribution in [3.05, 3.63) is 57.7 Å². The van der Waals surface area contributed by atoms with Gasteiger partial charge in [-0.25, -0.2) is 0 Å². The molecule has 3 aromatic rings. The molecule has 0 bridgehead atoms. The van der Waals surface area contributed by atoms with Crippen LogP contribution in [-0.4, -0.2) is 10.9 Å². The molecule has 0 aliphatic rings. The minimum absolute atomic E-state index is 0.214. The van der Waals surface area contributed by atoms with Crippen molar-refractivity contribution in [2.24, 2.45) is 0 Å². The average Bonchev–Trinajstić information content (AvgIpc) is 2.85. The smallest absolute Gasteiger partial charge is 0.257 e. The molecule has 1 aromatic heterocycles. The van der Waals surface area contributed by atoms with E-state index in [2.05, 4.69) is 26.2 Å². The average molecular weight is 365 g/mol. The van der Waals surface area contributed by atoms with Crippen LogP contribution in [0.15, 0.2) is 47.1 Å². The van der Waals surface area contributed by atoms with Gasteiger partial charge in [0.05, 0.1) is 11.3 Å². The molecule has 4 nitrogen and oxygen atoms in total. The number of fused-ring (bicyclic) bond motifs is 1. The summed E-state index contributed by atoms with van der Waals surface area (Å²) in [6.07, 6.45) is 1.66. The number of halogens is 2. The molecule has 0 fully saturated rings. The van der Waals surface area contributed by atoms with Gasteiger partial charge in [-0.1, -0.05) is 11.6 Å². The number of nitrogen functional groups attached to an aromatic ring is 1. The van der Waals surface area contributed by atoms with E-state index >= 15 is 0 Å². The van der Waals surface area contributed by atoms with Gasteiger partial charge in [0.1, 0.15) is 0 Å². The summed E-state index contributed by atoms with van der Waals surface area (Å²) in [7, 11) is 0. The van der Waals surface area contributed by atoms with Crippen molar-refractivity contribution in [2.75, 3.05) is 11.1 Å². The summed E-state index contributed by atoms with van der Waals surface area (Å²) >= 11 is 9.33. The second kappa shape index (κ2) is 5.42. The van der Waals surface area contributed by atoms with Gasteiger partial charge in [-0.05, 0) is 52.3 Å². The number of hydrogen-bond acceptors (Lipinski definition) is 2. The SMILES string of the molecule is Nc1ccc2c(C(=O)Nc3cc(Cl)ccc3Br)c[nH]c2c1. The van der Waals surface area contributed by atoms with E-state index in [1.807, 2.05) is 6.07 Å². The second-order valence-electron chi connectivity index (χ2n) is 4.59. The molecule has 0 aliphatic carbocycles. The van der Waals surface area contributed by atoms with E-state index in [1.54, 1.807) is 36.5 Å². The van der Waals surface area contributed by atoms with Gasteiger partial charge in [-0.15, -0.1) is 0 Å². The van der Waals surface area contributed by atoms with Crippen molar-refractivity contribution in [3.63, 3.8) is 0 Å². The maximum absolute atomic E-state index is 12.4. The highest BCUT2D eigenvalue weighted by Gasteiger charge is 2.13. The zero-order chi connectivity index (χ0) is 15.0. The maximum atomic E-state index is 12.4. The number of aromatic amines is 1. The number of hydrogen-bond donors (Lipinski definition) is 3. The lowest BCUT2D eigenvalue weighted by molar-refractivity contribution is 0.102. The van der Waals surface area contributed by atoms with Gasteiger partial charge in [-0.3, -0.25) is 4.79 Å². The largest absolute Gasteiger partial charge is 0.399 e. The molecule has 0 saturated carbocycles. The number of rotatable bonds is 2. The lowest BCUT2D eigenvalue weighted by Crippen LogP contribution is -2.11. The Morgan fingerprint density at radius 2 is 2.05 bits per heavy atom. The Morgan fingerprint density at radius 1 is 1.24 bits per heavy atom. The van der Waals surface area contributed by atoms with E-state index in [-0.39, 0.29) is 5.91 Å². The molecule has 0 unspecified atom stereocenters. The summed E-state index contributed by atoms with van der Waals surface area (Å²) < 4.78 is 0.768. The molecule has 4 N–H and O–H groups in total. The third kappa shape index (κ3) is 2.75. The first-order chi connectivity index (χ1) is 10.0. The summed E-state index contributed by atoms with van der Waals surface area (Å²) in [6.45, 7) is 0. The molecule has 0 spiro atoms. The Bertz CT molecular complexity index is 844. The van der Waals surface area contributed by atoms with Gasteiger partial charge in [0.25, 0.3) is 5.91 Å². The molecule has 2 aromatic carbocycles. The minimum atomic E-state index is -0.214. The third-order valence-electron chi connectivity index (χ3n) is 3.13. The van der Waals surface area contributed by atoms with Crippen LogP contribution in [0.4, 0.5) is 11.4 Å². The van der Waals surface area contributed by atoms with Crippen molar-refractivity contribution in [2.45, 2.75) is 0 Å². The number of carbonyl (C=O) groups is 1. The summed E-state index contributed by atoms with van der Waals surface area (Å²) in [6, 6.07) is 10.6. The van der Waals surface area contributed by atoms with Crippen LogP contribution in [0.3, 0.4) is 0 Å². The first kappa shape index (κ1) is 14.0. The van der Waals surface area contributed by atoms with Gasteiger partial charge >= 0.3 is 0 Å². The summed E-state index contributed by atoms with van der Waals surface area (Å²) in [5, 5.41) is 4.21. The number of carbonyl (C=O) groups excluding carboxylic acids is 1. The number of amides is 1. The van der Waals surface area contributed by atoms with Crippen molar-refractivity contribution >= 4 is 55.7 Å². The molecule has 0 aliphatic heterocycles. The molecular weight excluding hydrogens is 354 g/mol. The molecule has 0 radical (unpaired) electrons. The van der Waals surface area contributed by atoms with Crippen LogP contribution in [-0.2, 0) is 0 Å². The van der Waals surface area contributed by atoms with Crippen LogP contribution in [0.5, 0.6) is 0 Å². The van der Waals surface area contributed by atoms with Gasteiger partial charge < -0.3 is 16.0 Å². The highest BCUT2D eigenvalue weighted by Crippen LogP contribution is 2.27. The van der Waals surface area contributed by atoms with Gasteiger partial charge in [0.2, 0.25) is 0 Å². The Labute approximate surface area is 134 Å². The van der Waals surface area contributed by atoms with E-state index in [4.69, 9.17) is 17.3 Å². The number of benzene rings is 2. The van der Waals surface area contributed by atoms with E-state index in [1.165, 1.54) is 0 Å². The molecule has 0 atom stereocenters. The summed E-state index contributed by atoms with van der Waals surface area (Å²) in [5.41, 5.74) is 8.37. The van der Waals surface area contributed by atoms with E-state index in [0.29, 0.717) is 22.0 Å². The predicted octanol–water partition coefficient (Wildman–Crippen LogP) is 4.42. The number of aromatic nitrogens is 1. The molecule has 0 saturated heterocycles. The zero-order valence-electron chi connectivity index (χ0n) is 10.8. The topological polar surface area (TPSA) is 70.9 Å². The monoisotopic (exact) mass is 363 g/mol. The minimum Gasteiger partial charge on any atom is -0.399 e.